The number of amides is 1. The van der Waals surface area contributed by atoms with Crippen LogP contribution in [0.5, 0.6) is 0 Å². The number of aliphatic imine (C=N–C) groups is 1. The molecule has 126 valence electrons. The second-order valence-corrected chi connectivity index (χ2v) is 8.06. The second kappa shape index (κ2) is 6.52. The summed E-state index contributed by atoms with van der Waals surface area (Å²) in [6, 6.07) is 4.52. The lowest BCUT2D eigenvalue weighted by Gasteiger charge is -2.30. The Morgan fingerprint density at radius 3 is 2.92 bits per heavy atom. The van der Waals surface area contributed by atoms with E-state index in [4.69, 9.17) is 5.73 Å². The van der Waals surface area contributed by atoms with Gasteiger partial charge in [-0.2, -0.15) is 0 Å². The van der Waals surface area contributed by atoms with Crippen LogP contribution < -0.4 is 11.1 Å². The molecule has 0 saturated carbocycles. The number of carbonyl (C=O) groups is 1. The second-order valence-electron chi connectivity index (χ2n) is 5.71. The number of hydrogen-bond acceptors (Lipinski definition) is 6. The fraction of sp³-hybridized carbons (Fsp3) is 0.312. The maximum absolute atomic E-state index is 14.4. The number of carbonyl (C=O) groups excluding carboxylic acids is 1. The molecule has 3 N–H and O–H groups in total. The molecule has 0 aliphatic carbocycles. The van der Waals surface area contributed by atoms with Crippen molar-refractivity contribution in [2.75, 3.05) is 11.1 Å². The van der Waals surface area contributed by atoms with E-state index < -0.39 is 5.54 Å². The van der Waals surface area contributed by atoms with Crippen LogP contribution in [0.3, 0.4) is 0 Å². The van der Waals surface area contributed by atoms with Crippen molar-refractivity contribution in [2.24, 2.45) is 10.7 Å². The zero-order valence-electron chi connectivity index (χ0n) is 13.3. The summed E-state index contributed by atoms with van der Waals surface area (Å²) in [4.78, 5) is 21.3. The number of thioether (sulfide) groups is 1. The van der Waals surface area contributed by atoms with E-state index in [2.05, 4.69) is 15.3 Å². The Morgan fingerprint density at radius 2 is 2.25 bits per heavy atom. The first kappa shape index (κ1) is 16.9. The van der Waals surface area contributed by atoms with Crippen molar-refractivity contribution >= 4 is 39.9 Å². The minimum atomic E-state index is -0.721. The summed E-state index contributed by atoms with van der Waals surface area (Å²) in [6.07, 6.45) is 2.21. The molecule has 5 nitrogen and oxygen atoms in total. The van der Waals surface area contributed by atoms with Gasteiger partial charge in [-0.25, -0.2) is 9.37 Å². The lowest BCUT2D eigenvalue weighted by Crippen LogP contribution is -2.29. The minimum Gasteiger partial charge on any atom is -0.379 e. The van der Waals surface area contributed by atoms with Gasteiger partial charge >= 0.3 is 0 Å². The van der Waals surface area contributed by atoms with Crippen LogP contribution in [0.1, 0.15) is 33.6 Å². The highest BCUT2D eigenvalue weighted by Crippen LogP contribution is 2.37. The molecular formula is C16H17FN4OS2. The molecule has 1 aliphatic heterocycles. The van der Waals surface area contributed by atoms with Crippen LogP contribution in [0.4, 0.5) is 10.1 Å². The molecule has 1 aromatic carbocycles. The fourth-order valence-electron chi connectivity index (χ4n) is 2.56. The molecule has 1 atom stereocenters. The molecule has 1 aromatic heterocycles. The SMILES string of the molecule is Cc1ncc(C(=O)Nc2ccc(F)c([C@]3(C)CCSC(N)=N3)c2)s1. The molecule has 24 heavy (non-hydrogen) atoms. The third-order valence-electron chi connectivity index (χ3n) is 3.85. The van der Waals surface area contributed by atoms with Crippen LogP contribution in [0.15, 0.2) is 29.4 Å². The Bertz CT molecular complexity index is 820. The smallest absolute Gasteiger partial charge is 0.267 e. The van der Waals surface area contributed by atoms with Gasteiger partial charge in [-0.15, -0.1) is 11.3 Å². The number of benzene rings is 1. The Morgan fingerprint density at radius 1 is 1.46 bits per heavy atom. The predicted octanol–water partition coefficient (Wildman–Crippen LogP) is 3.51. The topological polar surface area (TPSA) is 80.4 Å². The quantitative estimate of drug-likeness (QED) is 0.873. The lowest BCUT2D eigenvalue weighted by atomic mass is 9.89. The number of amidine groups is 1. The Kier molecular flexibility index (Phi) is 4.60. The van der Waals surface area contributed by atoms with Gasteiger partial charge in [-0.1, -0.05) is 11.8 Å². The number of aryl methyl sites for hydroxylation is 1. The van der Waals surface area contributed by atoms with E-state index in [1.165, 1.54) is 35.4 Å². The Balaban J connectivity index is 1.89. The number of nitrogens with two attached hydrogens (primary N) is 1. The molecule has 0 spiro atoms. The van der Waals surface area contributed by atoms with Crippen LogP contribution in [0, 0.1) is 12.7 Å². The van der Waals surface area contributed by atoms with Gasteiger partial charge in [0.05, 0.1) is 16.7 Å². The minimum absolute atomic E-state index is 0.259. The molecule has 1 amide bonds. The van der Waals surface area contributed by atoms with Crippen molar-refractivity contribution in [3.63, 3.8) is 0 Å². The maximum Gasteiger partial charge on any atom is 0.267 e. The number of hydrogen-bond donors (Lipinski definition) is 2. The van der Waals surface area contributed by atoms with Crippen LogP contribution in [0.2, 0.25) is 0 Å². The van der Waals surface area contributed by atoms with E-state index in [9.17, 15) is 9.18 Å². The van der Waals surface area contributed by atoms with E-state index in [1.807, 2.05) is 13.8 Å². The maximum atomic E-state index is 14.4. The standard InChI is InChI=1S/C16H17FN4OS2/c1-9-19-8-13(24-9)14(22)20-10-3-4-12(17)11(7-10)16(2)5-6-23-15(18)21-16/h3-4,7-8H,5-6H2,1-2H3,(H2,18,21)(H,20,22)/t16-/m0/s1. The fourth-order valence-corrected chi connectivity index (χ4v) is 4.20. The molecule has 0 saturated heterocycles. The summed E-state index contributed by atoms with van der Waals surface area (Å²) in [5, 5.41) is 4.06. The molecule has 2 aromatic rings. The van der Waals surface area contributed by atoms with Gasteiger partial charge in [0.1, 0.15) is 10.7 Å². The summed E-state index contributed by atoms with van der Waals surface area (Å²) in [5.41, 5.74) is 6.05. The molecule has 0 unspecified atom stereocenters. The van der Waals surface area contributed by atoms with Gasteiger partial charge in [-0.3, -0.25) is 9.79 Å². The average Bonchev–Trinajstić information content (AvgIpc) is 2.95. The highest BCUT2D eigenvalue weighted by atomic mass is 32.2. The number of halogens is 1. The van der Waals surface area contributed by atoms with E-state index >= 15 is 0 Å². The van der Waals surface area contributed by atoms with Gasteiger partial charge in [0.2, 0.25) is 0 Å². The van der Waals surface area contributed by atoms with E-state index in [0.29, 0.717) is 27.7 Å². The van der Waals surface area contributed by atoms with E-state index in [0.717, 1.165) is 10.8 Å². The van der Waals surface area contributed by atoms with E-state index in [-0.39, 0.29) is 11.7 Å². The molecule has 0 bridgehead atoms. The van der Waals surface area contributed by atoms with Crippen molar-refractivity contribution in [3.05, 3.63) is 45.7 Å². The van der Waals surface area contributed by atoms with Crippen molar-refractivity contribution in [1.29, 1.82) is 0 Å². The summed E-state index contributed by atoms with van der Waals surface area (Å²) >= 11 is 2.78. The number of nitrogens with zero attached hydrogens (tertiary/aromatic N) is 2. The molecule has 3 rings (SSSR count). The number of rotatable bonds is 3. The van der Waals surface area contributed by atoms with Crippen LogP contribution in [-0.2, 0) is 5.54 Å². The zero-order valence-corrected chi connectivity index (χ0v) is 14.9. The van der Waals surface area contributed by atoms with Crippen LogP contribution in [-0.4, -0.2) is 21.8 Å². The predicted molar refractivity (Wildman–Crippen MR) is 97.3 cm³/mol. The first-order chi connectivity index (χ1) is 11.4. The largest absolute Gasteiger partial charge is 0.379 e. The number of nitrogens with one attached hydrogen (secondary N) is 1. The van der Waals surface area contributed by atoms with Gasteiger partial charge in [0.25, 0.3) is 5.91 Å². The Hall–Kier alpha value is -1.93. The third-order valence-corrected chi connectivity index (χ3v) is 5.55. The summed E-state index contributed by atoms with van der Waals surface area (Å²) in [7, 11) is 0. The first-order valence-corrected chi connectivity index (χ1v) is 9.19. The normalized spacial score (nSPS) is 20.5. The molecule has 0 fully saturated rings. The highest BCUT2D eigenvalue weighted by molar-refractivity contribution is 8.13. The Labute approximate surface area is 147 Å². The number of anilines is 1. The monoisotopic (exact) mass is 364 g/mol. The summed E-state index contributed by atoms with van der Waals surface area (Å²) in [6.45, 7) is 3.69. The molecular weight excluding hydrogens is 347 g/mol. The van der Waals surface area contributed by atoms with Crippen molar-refractivity contribution < 1.29 is 9.18 Å². The summed E-state index contributed by atoms with van der Waals surface area (Å²) in [5.74, 6) is 0.167. The van der Waals surface area contributed by atoms with Crippen LogP contribution in [0.25, 0.3) is 0 Å². The summed E-state index contributed by atoms with van der Waals surface area (Å²) < 4.78 is 14.4. The number of aromatic nitrogens is 1. The molecule has 0 radical (unpaired) electrons. The van der Waals surface area contributed by atoms with Gasteiger partial charge < -0.3 is 11.1 Å². The van der Waals surface area contributed by atoms with Crippen molar-refractivity contribution in [3.8, 4) is 0 Å². The van der Waals surface area contributed by atoms with E-state index in [1.54, 1.807) is 12.1 Å². The zero-order chi connectivity index (χ0) is 17.3. The number of thiazole rings is 1. The first-order valence-electron chi connectivity index (χ1n) is 7.39. The highest BCUT2D eigenvalue weighted by Gasteiger charge is 2.32. The average molecular weight is 364 g/mol. The lowest BCUT2D eigenvalue weighted by molar-refractivity contribution is 0.103. The van der Waals surface area contributed by atoms with Gasteiger partial charge in [-0.05, 0) is 38.5 Å². The van der Waals surface area contributed by atoms with Gasteiger partial charge in [0.15, 0.2) is 5.17 Å². The third kappa shape index (κ3) is 3.44. The molecule has 8 heteroatoms. The molecule has 1 aliphatic rings. The van der Waals surface area contributed by atoms with Crippen LogP contribution >= 0.6 is 23.1 Å². The molecule has 2 heterocycles. The van der Waals surface area contributed by atoms with Crippen molar-refractivity contribution in [1.82, 2.24) is 4.98 Å². The van der Waals surface area contributed by atoms with Gasteiger partial charge in [0, 0.05) is 17.0 Å². The van der Waals surface area contributed by atoms with Crippen molar-refractivity contribution in [2.45, 2.75) is 25.8 Å².